The first-order chi connectivity index (χ1) is 5.65. The lowest BCUT2D eigenvalue weighted by Crippen LogP contribution is -2.54. The van der Waals surface area contributed by atoms with Crippen molar-refractivity contribution in [1.82, 2.24) is 9.80 Å². The van der Waals surface area contributed by atoms with Gasteiger partial charge in [-0.25, -0.2) is 0 Å². The van der Waals surface area contributed by atoms with Crippen molar-refractivity contribution in [3.8, 4) is 0 Å². The van der Waals surface area contributed by atoms with Gasteiger partial charge >= 0.3 is 0 Å². The number of likely N-dealkylation sites (N-methyl/N-ethyl adjacent to an activating group) is 1. The lowest BCUT2D eigenvalue weighted by molar-refractivity contribution is -0.134. The van der Waals surface area contributed by atoms with E-state index in [0.717, 1.165) is 19.6 Å². The van der Waals surface area contributed by atoms with Crippen LogP contribution in [-0.4, -0.2) is 60.1 Å². The summed E-state index contributed by atoms with van der Waals surface area (Å²) in [5, 5.41) is 9.01. The number of aliphatic hydroxyl groups is 1. The summed E-state index contributed by atoms with van der Waals surface area (Å²) in [5.41, 5.74) is 0. The third-order valence-corrected chi connectivity index (χ3v) is 2.30. The molecule has 1 aliphatic rings. The van der Waals surface area contributed by atoms with Gasteiger partial charge in [0.2, 0.25) is 5.91 Å². The first-order valence-corrected chi connectivity index (χ1v) is 4.21. The van der Waals surface area contributed by atoms with Crippen LogP contribution in [0.15, 0.2) is 0 Å². The van der Waals surface area contributed by atoms with E-state index in [1.54, 1.807) is 11.8 Å². The second kappa shape index (κ2) is 3.87. The highest BCUT2D eigenvalue weighted by atomic mass is 16.3. The molecule has 1 rings (SSSR count). The van der Waals surface area contributed by atoms with E-state index >= 15 is 0 Å². The van der Waals surface area contributed by atoms with Crippen molar-refractivity contribution in [2.24, 2.45) is 0 Å². The Kier molecular flexibility index (Phi) is 3.05. The predicted octanol–water partition coefficient (Wildman–Crippen LogP) is -0.859. The molecule has 0 saturated carbocycles. The van der Waals surface area contributed by atoms with Crippen LogP contribution in [0.1, 0.15) is 6.92 Å². The Labute approximate surface area is 72.8 Å². The Morgan fingerprint density at radius 1 is 1.58 bits per heavy atom. The van der Waals surface area contributed by atoms with E-state index in [-0.39, 0.29) is 18.6 Å². The summed E-state index contributed by atoms with van der Waals surface area (Å²) in [6.45, 7) is 4.02. The van der Waals surface area contributed by atoms with Gasteiger partial charge in [-0.1, -0.05) is 0 Å². The average Bonchev–Trinajstić information content (AvgIpc) is 2.03. The zero-order valence-corrected chi connectivity index (χ0v) is 7.66. The van der Waals surface area contributed by atoms with Gasteiger partial charge in [0.05, 0.1) is 12.6 Å². The van der Waals surface area contributed by atoms with Crippen LogP contribution in [0.5, 0.6) is 0 Å². The molecule has 1 aliphatic heterocycles. The number of nitrogens with zero attached hydrogens (tertiary/aromatic N) is 2. The van der Waals surface area contributed by atoms with Crippen LogP contribution in [0.2, 0.25) is 0 Å². The second-order valence-electron chi connectivity index (χ2n) is 3.31. The topological polar surface area (TPSA) is 43.8 Å². The van der Waals surface area contributed by atoms with Crippen LogP contribution < -0.4 is 0 Å². The van der Waals surface area contributed by atoms with E-state index < -0.39 is 0 Å². The fourth-order valence-electron chi connectivity index (χ4n) is 1.58. The number of rotatable bonds is 1. The van der Waals surface area contributed by atoms with Crippen molar-refractivity contribution in [3.63, 3.8) is 0 Å². The maximum atomic E-state index is 11.1. The highest BCUT2D eigenvalue weighted by molar-refractivity contribution is 5.73. The number of amides is 1. The molecule has 12 heavy (non-hydrogen) atoms. The molecule has 1 atom stereocenters. The molecule has 1 heterocycles. The Bertz CT molecular complexity index is 172. The number of hydrogen-bond acceptors (Lipinski definition) is 3. The third kappa shape index (κ3) is 1.95. The summed E-state index contributed by atoms with van der Waals surface area (Å²) in [5.74, 6) is 0.0575. The molecular weight excluding hydrogens is 156 g/mol. The Morgan fingerprint density at radius 2 is 2.25 bits per heavy atom. The molecule has 1 amide bonds. The van der Waals surface area contributed by atoms with Gasteiger partial charge in [0, 0.05) is 26.6 Å². The predicted molar refractivity (Wildman–Crippen MR) is 45.8 cm³/mol. The van der Waals surface area contributed by atoms with Crippen molar-refractivity contribution in [2.45, 2.75) is 13.0 Å². The van der Waals surface area contributed by atoms with Gasteiger partial charge in [-0.2, -0.15) is 0 Å². The van der Waals surface area contributed by atoms with E-state index in [1.807, 2.05) is 7.05 Å². The van der Waals surface area contributed by atoms with Crippen molar-refractivity contribution in [3.05, 3.63) is 0 Å². The second-order valence-corrected chi connectivity index (χ2v) is 3.31. The minimum Gasteiger partial charge on any atom is -0.394 e. The molecule has 0 aliphatic carbocycles. The quantitative estimate of drug-likeness (QED) is 0.560. The summed E-state index contributed by atoms with van der Waals surface area (Å²) in [7, 11) is 2.00. The van der Waals surface area contributed by atoms with Gasteiger partial charge in [-0.15, -0.1) is 0 Å². The highest BCUT2D eigenvalue weighted by Crippen LogP contribution is 2.07. The summed E-state index contributed by atoms with van der Waals surface area (Å²) in [6.07, 6.45) is 0. The lowest BCUT2D eigenvalue weighted by atomic mass is 10.2. The molecule has 1 N–H and O–H groups in total. The first-order valence-electron chi connectivity index (χ1n) is 4.21. The normalized spacial score (nSPS) is 25.9. The van der Waals surface area contributed by atoms with E-state index in [1.165, 1.54) is 0 Å². The van der Waals surface area contributed by atoms with Gasteiger partial charge in [-0.05, 0) is 7.05 Å². The molecule has 4 heteroatoms. The Morgan fingerprint density at radius 3 is 2.75 bits per heavy atom. The Balaban J connectivity index is 2.56. The minimum absolute atomic E-state index is 0.0127. The van der Waals surface area contributed by atoms with E-state index in [0.29, 0.717) is 0 Å². The Hall–Kier alpha value is -0.610. The summed E-state index contributed by atoms with van der Waals surface area (Å²) >= 11 is 0. The number of carbonyl (C=O) groups is 1. The van der Waals surface area contributed by atoms with Crippen LogP contribution in [0, 0.1) is 0 Å². The van der Waals surface area contributed by atoms with Crippen molar-refractivity contribution in [1.29, 1.82) is 0 Å². The van der Waals surface area contributed by atoms with Crippen molar-refractivity contribution in [2.75, 3.05) is 33.3 Å². The molecule has 1 fully saturated rings. The summed E-state index contributed by atoms with van der Waals surface area (Å²) < 4.78 is 0. The summed E-state index contributed by atoms with van der Waals surface area (Å²) in [6, 6.07) is -0.0127. The van der Waals surface area contributed by atoms with Crippen LogP contribution >= 0.6 is 0 Å². The third-order valence-electron chi connectivity index (χ3n) is 2.30. The number of hydrogen-bond donors (Lipinski definition) is 1. The van der Waals surface area contributed by atoms with Gasteiger partial charge in [0.1, 0.15) is 0 Å². The summed E-state index contributed by atoms with van der Waals surface area (Å²) in [4.78, 5) is 14.9. The van der Waals surface area contributed by atoms with Crippen molar-refractivity contribution >= 4 is 5.91 Å². The van der Waals surface area contributed by atoms with Gasteiger partial charge in [-0.3, -0.25) is 4.79 Å². The lowest BCUT2D eigenvalue weighted by Gasteiger charge is -2.38. The van der Waals surface area contributed by atoms with Crippen LogP contribution in [0.25, 0.3) is 0 Å². The fraction of sp³-hybridized carbons (Fsp3) is 0.875. The smallest absolute Gasteiger partial charge is 0.219 e. The van der Waals surface area contributed by atoms with Gasteiger partial charge < -0.3 is 14.9 Å². The van der Waals surface area contributed by atoms with E-state index in [4.69, 9.17) is 5.11 Å². The fourth-order valence-corrected chi connectivity index (χ4v) is 1.58. The van der Waals surface area contributed by atoms with Gasteiger partial charge in [0.25, 0.3) is 0 Å². The maximum Gasteiger partial charge on any atom is 0.219 e. The SMILES string of the molecule is CC(=O)N1CCN(C)CC1CO. The number of aliphatic hydroxyl groups excluding tert-OH is 1. The van der Waals surface area contributed by atoms with E-state index in [2.05, 4.69) is 4.90 Å². The molecule has 0 aromatic heterocycles. The van der Waals surface area contributed by atoms with Crippen LogP contribution in [-0.2, 0) is 4.79 Å². The maximum absolute atomic E-state index is 11.1. The molecule has 0 bridgehead atoms. The molecule has 1 saturated heterocycles. The van der Waals surface area contributed by atoms with Crippen molar-refractivity contribution < 1.29 is 9.90 Å². The molecule has 0 spiro atoms. The average molecular weight is 172 g/mol. The molecular formula is C8H16N2O2. The molecule has 0 radical (unpaired) electrons. The van der Waals surface area contributed by atoms with Gasteiger partial charge in [0.15, 0.2) is 0 Å². The molecule has 0 aromatic rings. The number of carbonyl (C=O) groups excluding carboxylic acids is 1. The van der Waals surface area contributed by atoms with Crippen LogP contribution in [0.4, 0.5) is 0 Å². The first kappa shape index (κ1) is 9.48. The number of piperazine rings is 1. The molecule has 4 nitrogen and oxygen atoms in total. The standard InChI is InChI=1S/C8H16N2O2/c1-7(12)10-4-3-9(2)5-8(10)6-11/h8,11H,3-6H2,1-2H3. The highest BCUT2D eigenvalue weighted by Gasteiger charge is 2.25. The zero-order valence-electron chi connectivity index (χ0n) is 7.66. The monoisotopic (exact) mass is 172 g/mol. The van der Waals surface area contributed by atoms with Crippen LogP contribution in [0.3, 0.4) is 0 Å². The molecule has 1 unspecified atom stereocenters. The molecule has 0 aromatic carbocycles. The minimum atomic E-state index is -0.0127. The molecule has 70 valence electrons. The zero-order chi connectivity index (χ0) is 9.14. The largest absolute Gasteiger partial charge is 0.394 e. The van der Waals surface area contributed by atoms with E-state index in [9.17, 15) is 4.79 Å².